The Bertz CT molecular complexity index is 735. The number of rotatable bonds is 8. The Kier molecular flexibility index (Phi) is 7.85. The smallest absolute Gasteiger partial charge is 0.257 e. The van der Waals surface area contributed by atoms with Gasteiger partial charge in [0.2, 0.25) is 0 Å². The molecule has 2 aromatic carbocycles. The van der Waals surface area contributed by atoms with Gasteiger partial charge in [0.25, 0.3) is 5.91 Å². The molecule has 0 aliphatic rings. The van der Waals surface area contributed by atoms with Crippen LogP contribution < -0.4 is 20.1 Å². The van der Waals surface area contributed by atoms with Crippen molar-refractivity contribution in [1.82, 2.24) is 5.32 Å². The highest BCUT2D eigenvalue weighted by atomic mass is 32.1. The minimum absolute atomic E-state index is 0.206. The lowest BCUT2D eigenvalue weighted by molar-refractivity contribution is 0.0977. The molecule has 0 unspecified atom stereocenters. The van der Waals surface area contributed by atoms with E-state index in [9.17, 15) is 4.79 Å². The Morgan fingerprint density at radius 2 is 1.81 bits per heavy atom. The molecule has 0 atom stereocenters. The molecule has 2 aromatic rings. The van der Waals surface area contributed by atoms with Crippen molar-refractivity contribution in [2.45, 2.75) is 6.92 Å². The van der Waals surface area contributed by atoms with E-state index in [1.807, 2.05) is 25.1 Å². The summed E-state index contributed by atoms with van der Waals surface area (Å²) in [5.41, 5.74) is 1.21. The number of anilines is 1. The number of ether oxygens (including phenoxy) is 3. The van der Waals surface area contributed by atoms with Crippen LogP contribution in [0, 0.1) is 0 Å². The first-order valence-corrected chi connectivity index (χ1v) is 8.60. The molecule has 0 fully saturated rings. The van der Waals surface area contributed by atoms with Gasteiger partial charge >= 0.3 is 0 Å². The highest BCUT2D eigenvalue weighted by Gasteiger charge is 2.08. The van der Waals surface area contributed by atoms with Crippen LogP contribution in [0.4, 0.5) is 5.69 Å². The summed E-state index contributed by atoms with van der Waals surface area (Å²) < 4.78 is 15.8. The topological polar surface area (TPSA) is 68.8 Å². The van der Waals surface area contributed by atoms with Gasteiger partial charge in [-0.05, 0) is 55.5 Å². The standard InChI is InChI=1S/C19H22N2O4S/c1-3-24-16-9-7-14(8-10-16)18(22)21-19(26)20-15-5-4-6-17(13-15)25-12-11-23-2/h4-10,13H,3,11-12H2,1-2H3,(H2,20,21,22,26). The number of benzene rings is 2. The van der Waals surface area contributed by atoms with E-state index in [2.05, 4.69) is 10.6 Å². The minimum Gasteiger partial charge on any atom is -0.494 e. The highest BCUT2D eigenvalue weighted by molar-refractivity contribution is 7.80. The fourth-order valence-electron chi connectivity index (χ4n) is 2.11. The van der Waals surface area contributed by atoms with Crippen molar-refractivity contribution in [2.24, 2.45) is 0 Å². The van der Waals surface area contributed by atoms with Crippen LogP contribution in [0.3, 0.4) is 0 Å². The number of carbonyl (C=O) groups excluding carboxylic acids is 1. The largest absolute Gasteiger partial charge is 0.494 e. The molecule has 2 N–H and O–H groups in total. The Labute approximate surface area is 158 Å². The second-order valence-electron chi connectivity index (χ2n) is 5.23. The maximum absolute atomic E-state index is 12.2. The maximum atomic E-state index is 12.2. The number of methoxy groups -OCH3 is 1. The van der Waals surface area contributed by atoms with E-state index in [4.69, 9.17) is 26.4 Å². The monoisotopic (exact) mass is 374 g/mol. The fourth-order valence-corrected chi connectivity index (χ4v) is 2.32. The first kappa shape index (κ1) is 19.7. The SMILES string of the molecule is CCOc1ccc(C(=O)NC(=S)Nc2cccc(OCCOC)c2)cc1. The fraction of sp³-hybridized carbons (Fsp3) is 0.263. The third-order valence-corrected chi connectivity index (χ3v) is 3.51. The molecular weight excluding hydrogens is 352 g/mol. The van der Waals surface area contributed by atoms with E-state index in [0.717, 1.165) is 11.4 Å². The van der Waals surface area contributed by atoms with Gasteiger partial charge in [0, 0.05) is 24.4 Å². The number of hydrogen-bond acceptors (Lipinski definition) is 5. The van der Waals surface area contributed by atoms with Crippen molar-refractivity contribution in [1.29, 1.82) is 0 Å². The van der Waals surface area contributed by atoms with Crippen molar-refractivity contribution in [3.05, 3.63) is 54.1 Å². The molecular formula is C19H22N2O4S. The molecule has 7 heteroatoms. The molecule has 2 rings (SSSR count). The maximum Gasteiger partial charge on any atom is 0.257 e. The summed E-state index contributed by atoms with van der Waals surface area (Å²) in [7, 11) is 1.62. The summed E-state index contributed by atoms with van der Waals surface area (Å²) in [6, 6.07) is 14.2. The van der Waals surface area contributed by atoms with Crippen molar-refractivity contribution in [3.8, 4) is 11.5 Å². The lowest BCUT2D eigenvalue weighted by Gasteiger charge is -2.11. The number of hydrogen-bond donors (Lipinski definition) is 2. The number of thiocarbonyl (C=S) groups is 1. The summed E-state index contributed by atoms with van der Waals surface area (Å²) in [5, 5.41) is 5.82. The van der Waals surface area contributed by atoms with Crippen LogP contribution in [0.25, 0.3) is 0 Å². The van der Waals surface area contributed by atoms with Gasteiger partial charge in [-0.1, -0.05) is 6.07 Å². The minimum atomic E-state index is -0.293. The van der Waals surface area contributed by atoms with Crippen molar-refractivity contribution < 1.29 is 19.0 Å². The number of nitrogens with one attached hydrogen (secondary N) is 2. The zero-order valence-corrected chi connectivity index (χ0v) is 15.6. The Balaban J connectivity index is 1.89. The van der Waals surface area contributed by atoms with Gasteiger partial charge < -0.3 is 19.5 Å². The van der Waals surface area contributed by atoms with E-state index in [1.165, 1.54) is 0 Å². The van der Waals surface area contributed by atoms with E-state index in [-0.39, 0.29) is 11.0 Å². The predicted octanol–water partition coefficient (Wildman–Crippen LogP) is 3.24. The molecule has 0 bridgehead atoms. The Morgan fingerprint density at radius 3 is 2.50 bits per heavy atom. The van der Waals surface area contributed by atoms with Crippen LogP contribution in [0.15, 0.2) is 48.5 Å². The van der Waals surface area contributed by atoms with Gasteiger partial charge in [-0.2, -0.15) is 0 Å². The second-order valence-corrected chi connectivity index (χ2v) is 5.64. The van der Waals surface area contributed by atoms with Gasteiger partial charge in [-0.3, -0.25) is 10.1 Å². The molecule has 0 aliphatic carbocycles. The van der Waals surface area contributed by atoms with Crippen LogP contribution in [0.1, 0.15) is 17.3 Å². The van der Waals surface area contributed by atoms with Gasteiger partial charge in [-0.15, -0.1) is 0 Å². The molecule has 0 aliphatic heterocycles. The van der Waals surface area contributed by atoms with Gasteiger partial charge in [0.05, 0.1) is 13.2 Å². The molecule has 0 heterocycles. The van der Waals surface area contributed by atoms with Gasteiger partial charge in [-0.25, -0.2) is 0 Å². The second kappa shape index (κ2) is 10.4. The third-order valence-electron chi connectivity index (χ3n) is 3.30. The molecule has 1 amide bonds. The molecule has 0 radical (unpaired) electrons. The lowest BCUT2D eigenvalue weighted by atomic mass is 10.2. The molecule has 0 aromatic heterocycles. The summed E-state index contributed by atoms with van der Waals surface area (Å²) in [4.78, 5) is 12.2. The van der Waals surface area contributed by atoms with Crippen LogP contribution in [0.5, 0.6) is 11.5 Å². The number of amides is 1. The van der Waals surface area contributed by atoms with E-state index in [0.29, 0.717) is 31.1 Å². The zero-order chi connectivity index (χ0) is 18.8. The predicted molar refractivity (Wildman–Crippen MR) is 105 cm³/mol. The highest BCUT2D eigenvalue weighted by Crippen LogP contribution is 2.17. The lowest BCUT2D eigenvalue weighted by Crippen LogP contribution is -2.34. The summed E-state index contributed by atoms with van der Waals surface area (Å²) in [5.74, 6) is 1.11. The van der Waals surface area contributed by atoms with Gasteiger partial charge in [0.1, 0.15) is 18.1 Å². The molecule has 0 spiro atoms. The van der Waals surface area contributed by atoms with Gasteiger partial charge in [0.15, 0.2) is 5.11 Å². The van der Waals surface area contributed by atoms with Crippen LogP contribution >= 0.6 is 12.2 Å². The molecule has 0 saturated heterocycles. The molecule has 0 saturated carbocycles. The van der Waals surface area contributed by atoms with E-state index < -0.39 is 0 Å². The quantitative estimate of drug-likeness (QED) is 0.546. The van der Waals surface area contributed by atoms with Crippen LogP contribution in [0.2, 0.25) is 0 Å². The molecule has 138 valence electrons. The number of carbonyl (C=O) groups is 1. The van der Waals surface area contributed by atoms with Crippen LogP contribution in [-0.2, 0) is 4.74 Å². The molecule has 26 heavy (non-hydrogen) atoms. The summed E-state index contributed by atoms with van der Waals surface area (Å²) in [6.45, 7) is 3.45. The first-order valence-electron chi connectivity index (χ1n) is 8.19. The molecule has 6 nitrogen and oxygen atoms in total. The van der Waals surface area contributed by atoms with Crippen molar-refractivity contribution in [3.63, 3.8) is 0 Å². The normalized spacial score (nSPS) is 10.1. The summed E-state index contributed by atoms with van der Waals surface area (Å²) >= 11 is 5.20. The Morgan fingerprint density at radius 1 is 1.04 bits per heavy atom. The van der Waals surface area contributed by atoms with Crippen molar-refractivity contribution >= 4 is 28.9 Å². The first-order chi connectivity index (χ1) is 12.6. The van der Waals surface area contributed by atoms with Crippen LogP contribution in [-0.4, -0.2) is 38.0 Å². The summed E-state index contributed by atoms with van der Waals surface area (Å²) in [6.07, 6.45) is 0. The third kappa shape index (κ3) is 6.34. The average molecular weight is 374 g/mol. The Hall–Kier alpha value is -2.64. The van der Waals surface area contributed by atoms with E-state index in [1.54, 1.807) is 37.4 Å². The van der Waals surface area contributed by atoms with Crippen molar-refractivity contribution in [2.75, 3.05) is 32.2 Å². The van der Waals surface area contributed by atoms with E-state index >= 15 is 0 Å². The average Bonchev–Trinajstić information content (AvgIpc) is 2.63. The zero-order valence-electron chi connectivity index (χ0n) is 14.8.